The van der Waals surface area contributed by atoms with Crippen molar-refractivity contribution >= 4 is 16.9 Å². The largest absolute Gasteiger partial charge is 0.463 e. The molecule has 6 N–H and O–H groups in total. The summed E-state index contributed by atoms with van der Waals surface area (Å²) in [5.41, 5.74) is 6.75. The molecule has 1 fully saturated rings. The third-order valence-electron chi connectivity index (χ3n) is 4.13. The fourth-order valence-corrected chi connectivity index (χ4v) is 2.98. The molecule has 1 saturated heterocycles. The second kappa shape index (κ2) is 5.44. The maximum absolute atomic E-state index is 9.95. The van der Waals surface area contributed by atoms with Crippen molar-refractivity contribution in [1.82, 2.24) is 19.7 Å². The summed E-state index contributed by atoms with van der Waals surface area (Å²) in [5.74, 6) is 0.680. The van der Waals surface area contributed by atoms with E-state index in [4.69, 9.17) is 20.3 Å². The van der Waals surface area contributed by atoms with Crippen LogP contribution in [-0.2, 0) is 4.74 Å². The maximum Gasteiger partial charge on any atom is 0.227 e. The number of aromatic nitrogens is 4. The minimum Gasteiger partial charge on any atom is -0.463 e. The zero-order valence-corrected chi connectivity index (χ0v) is 12.5. The summed E-state index contributed by atoms with van der Waals surface area (Å²) < 4.78 is 12.4. The number of fused-ring (bicyclic) bond motifs is 1. The van der Waals surface area contributed by atoms with Gasteiger partial charge in [0.15, 0.2) is 11.4 Å². The fourth-order valence-electron chi connectivity index (χ4n) is 2.98. The Hall–Kier alpha value is -2.69. The summed E-state index contributed by atoms with van der Waals surface area (Å²) in [5, 5.41) is 34.9. The maximum atomic E-state index is 9.95. The van der Waals surface area contributed by atoms with Crippen LogP contribution in [0.25, 0.3) is 22.5 Å². The molecule has 4 heterocycles. The summed E-state index contributed by atoms with van der Waals surface area (Å²) in [6, 6.07) is 3.49. The standard InChI is InChI=1S/C14H16N6O4/c15-12-10-11(7-2-1-3-23-7)18-19-13(10)20(14(16)17-12)9-4-6(22)8(5-21)24-9/h1-3,6,8-9,21-22H,4-5H2,(H,18,19)(H3,15,16,17). The molecule has 0 amide bonds. The number of aromatic amines is 1. The zero-order valence-electron chi connectivity index (χ0n) is 12.5. The Bertz CT molecular complexity index is 931. The fraction of sp³-hybridized carbons (Fsp3) is 0.357. The van der Waals surface area contributed by atoms with Crippen LogP contribution in [0.3, 0.4) is 0 Å². The molecule has 0 saturated carbocycles. The molecule has 0 bridgehead atoms. The molecular weight excluding hydrogens is 316 g/mol. The topological polar surface area (TPSA) is 159 Å². The quantitative estimate of drug-likeness (QED) is 0.441. The SMILES string of the molecule is N=c1nc(N)c2c(-c3ccco3)[nH]nc2n1C1CC(O)C(CO)O1. The van der Waals surface area contributed by atoms with Gasteiger partial charge in [0.1, 0.15) is 23.8 Å². The molecule has 3 unspecified atom stereocenters. The number of nitrogens with one attached hydrogen (secondary N) is 2. The van der Waals surface area contributed by atoms with E-state index in [0.29, 0.717) is 22.5 Å². The first-order chi connectivity index (χ1) is 11.6. The lowest BCUT2D eigenvalue weighted by Crippen LogP contribution is -2.29. The van der Waals surface area contributed by atoms with Crippen molar-refractivity contribution in [2.75, 3.05) is 12.3 Å². The smallest absolute Gasteiger partial charge is 0.227 e. The van der Waals surface area contributed by atoms with E-state index in [1.165, 1.54) is 10.8 Å². The lowest BCUT2D eigenvalue weighted by molar-refractivity contribution is -0.0448. The first-order valence-electron chi connectivity index (χ1n) is 7.39. The van der Waals surface area contributed by atoms with Crippen LogP contribution < -0.4 is 11.4 Å². The Balaban J connectivity index is 1.90. The first-order valence-corrected chi connectivity index (χ1v) is 7.39. The van der Waals surface area contributed by atoms with Crippen molar-refractivity contribution in [2.24, 2.45) is 0 Å². The molecule has 126 valence electrons. The van der Waals surface area contributed by atoms with Crippen LogP contribution in [0.1, 0.15) is 12.6 Å². The number of aliphatic hydroxyl groups is 2. The highest BCUT2D eigenvalue weighted by Crippen LogP contribution is 2.33. The van der Waals surface area contributed by atoms with E-state index in [0.717, 1.165) is 0 Å². The first kappa shape index (κ1) is 14.9. The highest BCUT2D eigenvalue weighted by molar-refractivity contribution is 5.97. The minimum absolute atomic E-state index is 0.142. The summed E-state index contributed by atoms with van der Waals surface area (Å²) in [4.78, 5) is 4.05. The van der Waals surface area contributed by atoms with E-state index in [1.807, 2.05) is 0 Å². The van der Waals surface area contributed by atoms with Crippen LogP contribution in [0.15, 0.2) is 22.8 Å². The van der Waals surface area contributed by atoms with Crippen molar-refractivity contribution < 1.29 is 19.4 Å². The van der Waals surface area contributed by atoms with Crippen LogP contribution >= 0.6 is 0 Å². The number of H-pyrrole nitrogens is 1. The number of rotatable bonds is 3. The van der Waals surface area contributed by atoms with Gasteiger partial charge in [0, 0.05) is 6.42 Å². The third kappa shape index (κ3) is 2.12. The van der Waals surface area contributed by atoms with E-state index in [1.54, 1.807) is 12.1 Å². The number of ether oxygens (including phenoxy) is 1. The molecule has 10 nitrogen and oxygen atoms in total. The van der Waals surface area contributed by atoms with E-state index < -0.39 is 18.4 Å². The number of anilines is 1. The number of nitrogens with zero attached hydrogens (tertiary/aromatic N) is 3. The van der Waals surface area contributed by atoms with Crippen molar-refractivity contribution in [3.8, 4) is 11.5 Å². The van der Waals surface area contributed by atoms with Crippen molar-refractivity contribution in [1.29, 1.82) is 5.41 Å². The highest BCUT2D eigenvalue weighted by Gasteiger charge is 2.36. The van der Waals surface area contributed by atoms with Crippen molar-refractivity contribution in [3.63, 3.8) is 0 Å². The molecule has 0 spiro atoms. The monoisotopic (exact) mass is 332 g/mol. The molecule has 1 aliphatic heterocycles. The molecule has 0 aliphatic carbocycles. The molecule has 3 aromatic rings. The van der Waals surface area contributed by atoms with E-state index in [-0.39, 0.29) is 24.5 Å². The molecule has 3 atom stereocenters. The third-order valence-corrected chi connectivity index (χ3v) is 4.13. The number of aliphatic hydroxyl groups excluding tert-OH is 2. The van der Waals surface area contributed by atoms with Gasteiger partial charge in [-0.2, -0.15) is 10.1 Å². The van der Waals surface area contributed by atoms with Gasteiger partial charge in [-0.05, 0) is 12.1 Å². The van der Waals surface area contributed by atoms with Crippen LogP contribution in [0.4, 0.5) is 5.82 Å². The van der Waals surface area contributed by atoms with Gasteiger partial charge in [-0.3, -0.25) is 15.1 Å². The molecule has 1 aliphatic rings. The van der Waals surface area contributed by atoms with Crippen LogP contribution in [0, 0.1) is 5.41 Å². The van der Waals surface area contributed by atoms with Crippen molar-refractivity contribution in [3.05, 3.63) is 24.0 Å². The molecule has 10 heteroatoms. The van der Waals surface area contributed by atoms with Crippen LogP contribution in [0.5, 0.6) is 0 Å². The Morgan fingerprint density at radius 3 is 3.00 bits per heavy atom. The number of hydrogen-bond donors (Lipinski definition) is 5. The number of nitrogens with two attached hydrogens (primary N) is 1. The Kier molecular flexibility index (Phi) is 3.37. The van der Waals surface area contributed by atoms with E-state index in [2.05, 4.69) is 15.2 Å². The molecule has 4 rings (SSSR count). The normalized spacial score (nSPS) is 24.0. The van der Waals surface area contributed by atoms with Gasteiger partial charge >= 0.3 is 0 Å². The lowest BCUT2D eigenvalue weighted by atomic mass is 10.2. The number of nitrogen functional groups attached to an aromatic ring is 1. The second-order valence-electron chi connectivity index (χ2n) is 5.58. The van der Waals surface area contributed by atoms with Gasteiger partial charge in [-0.25, -0.2) is 0 Å². The van der Waals surface area contributed by atoms with Gasteiger partial charge in [0.05, 0.1) is 24.4 Å². The number of furan rings is 1. The summed E-state index contributed by atoms with van der Waals surface area (Å²) in [6.07, 6.45) is -0.472. The Labute approximate surface area is 135 Å². The number of hydrogen-bond acceptors (Lipinski definition) is 8. The lowest BCUT2D eigenvalue weighted by Gasteiger charge is -2.16. The Morgan fingerprint density at radius 1 is 1.50 bits per heavy atom. The predicted molar refractivity (Wildman–Crippen MR) is 81.5 cm³/mol. The van der Waals surface area contributed by atoms with Gasteiger partial charge < -0.3 is 25.1 Å². The van der Waals surface area contributed by atoms with Crippen LogP contribution in [-0.4, -0.2) is 48.8 Å². The van der Waals surface area contributed by atoms with Gasteiger partial charge in [-0.15, -0.1) is 0 Å². The second-order valence-corrected chi connectivity index (χ2v) is 5.58. The van der Waals surface area contributed by atoms with Crippen LogP contribution in [0.2, 0.25) is 0 Å². The van der Waals surface area contributed by atoms with E-state index in [9.17, 15) is 10.2 Å². The molecule has 0 radical (unpaired) electrons. The van der Waals surface area contributed by atoms with Gasteiger partial charge in [0.2, 0.25) is 5.62 Å². The van der Waals surface area contributed by atoms with Gasteiger partial charge in [-0.1, -0.05) is 0 Å². The average molecular weight is 332 g/mol. The highest BCUT2D eigenvalue weighted by atomic mass is 16.5. The molecule has 24 heavy (non-hydrogen) atoms. The van der Waals surface area contributed by atoms with E-state index >= 15 is 0 Å². The predicted octanol–water partition coefficient (Wildman–Crippen LogP) is -0.278. The molecule has 3 aromatic heterocycles. The summed E-state index contributed by atoms with van der Waals surface area (Å²) >= 11 is 0. The minimum atomic E-state index is -0.831. The Morgan fingerprint density at radius 2 is 2.33 bits per heavy atom. The average Bonchev–Trinajstić information content (AvgIpc) is 3.25. The summed E-state index contributed by atoms with van der Waals surface area (Å²) in [6.45, 7) is -0.310. The van der Waals surface area contributed by atoms with Crippen molar-refractivity contribution in [2.45, 2.75) is 24.9 Å². The molecular formula is C14H16N6O4. The van der Waals surface area contributed by atoms with Gasteiger partial charge in [0.25, 0.3) is 0 Å². The molecule has 0 aromatic carbocycles. The zero-order chi connectivity index (χ0) is 16.8. The summed E-state index contributed by atoms with van der Waals surface area (Å²) in [7, 11) is 0.